The second kappa shape index (κ2) is 4.79. The van der Waals surface area contributed by atoms with Crippen molar-refractivity contribution < 1.29 is 14.3 Å². The molecule has 2 aromatic rings. The third kappa shape index (κ3) is 2.06. The number of rotatable bonds is 2. The fraction of sp³-hybridized carbons (Fsp3) is 0.333. The Balaban J connectivity index is 0.00000133. The Bertz CT molecular complexity index is 652. The van der Waals surface area contributed by atoms with Crippen LogP contribution in [-0.4, -0.2) is 33.9 Å². The summed E-state index contributed by atoms with van der Waals surface area (Å²) in [4.78, 5) is 10.9. The Kier molecular flexibility index (Phi) is 3.47. The van der Waals surface area contributed by atoms with Crippen LogP contribution < -0.4 is 5.32 Å². The zero-order chi connectivity index (χ0) is 12.9. The van der Waals surface area contributed by atoms with Crippen molar-refractivity contribution in [3.8, 4) is 0 Å². The van der Waals surface area contributed by atoms with Gasteiger partial charge in [0, 0.05) is 24.5 Å². The van der Waals surface area contributed by atoms with Gasteiger partial charge < -0.3 is 10.4 Å². The monoisotopic (exact) mass is 285 g/mol. The normalized spacial score (nSPS) is 15.1. The molecule has 0 aliphatic carbocycles. The van der Waals surface area contributed by atoms with E-state index in [0.717, 1.165) is 18.8 Å². The molecule has 5 nitrogen and oxygen atoms in total. The van der Waals surface area contributed by atoms with Gasteiger partial charge in [-0.15, -0.1) is 12.4 Å². The van der Waals surface area contributed by atoms with Crippen LogP contribution in [0.25, 0.3) is 10.9 Å². The predicted molar refractivity (Wildman–Crippen MR) is 70.5 cm³/mol. The van der Waals surface area contributed by atoms with E-state index >= 15 is 0 Å². The zero-order valence-corrected chi connectivity index (χ0v) is 11.0. The van der Waals surface area contributed by atoms with E-state index in [-0.39, 0.29) is 24.0 Å². The molecule has 1 aromatic carbocycles. The predicted octanol–water partition coefficient (Wildman–Crippen LogP) is 1.75. The molecule has 0 unspecified atom stereocenters. The maximum atomic E-state index is 13.7. The van der Waals surface area contributed by atoms with Crippen molar-refractivity contribution in [2.75, 3.05) is 13.1 Å². The molecule has 1 fully saturated rings. The lowest BCUT2D eigenvalue weighted by Gasteiger charge is -2.28. The number of fused-ring (bicyclic) bond motifs is 1. The summed E-state index contributed by atoms with van der Waals surface area (Å²) in [6, 6.07) is 2.84. The van der Waals surface area contributed by atoms with Gasteiger partial charge in [-0.3, -0.25) is 4.68 Å². The number of halogens is 2. The molecular weight excluding hydrogens is 273 g/mol. The first-order chi connectivity index (χ1) is 8.58. The van der Waals surface area contributed by atoms with Crippen LogP contribution in [0, 0.1) is 12.7 Å². The van der Waals surface area contributed by atoms with Crippen molar-refractivity contribution in [3.05, 3.63) is 29.2 Å². The maximum Gasteiger partial charge on any atom is 0.338 e. The molecule has 0 spiro atoms. The number of nitrogens with one attached hydrogen (secondary N) is 1. The van der Waals surface area contributed by atoms with Gasteiger partial charge in [0.2, 0.25) is 0 Å². The minimum Gasteiger partial charge on any atom is -0.478 e. The molecule has 1 aliphatic rings. The summed E-state index contributed by atoms with van der Waals surface area (Å²) in [6.45, 7) is 3.41. The fourth-order valence-corrected chi connectivity index (χ4v) is 2.20. The highest BCUT2D eigenvalue weighted by Gasteiger charge is 2.24. The number of aromatic carboxylic acids is 1. The van der Waals surface area contributed by atoms with E-state index in [0.29, 0.717) is 10.9 Å². The Labute approximate surface area is 114 Å². The Morgan fingerprint density at radius 3 is 2.74 bits per heavy atom. The molecule has 0 radical (unpaired) electrons. The Morgan fingerprint density at radius 1 is 1.53 bits per heavy atom. The number of hydrogen-bond donors (Lipinski definition) is 2. The minimum atomic E-state index is -1.26. The Morgan fingerprint density at radius 2 is 2.21 bits per heavy atom. The minimum absolute atomic E-state index is 0. The van der Waals surface area contributed by atoms with Crippen LogP contribution >= 0.6 is 12.4 Å². The van der Waals surface area contributed by atoms with E-state index in [9.17, 15) is 9.18 Å². The van der Waals surface area contributed by atoms with Gasteiger partial charge in [0.15, 0.2) is 0 Å². The molecule has 1 aliphatic heterocycles. The van der Waals surface area contributed by atoms with Gasteiger partial charge in [0.1, 0.15) is 5.82 Å². The largest absolute Gasteiger partial charge is 0.478 e. The topological polar surface area (TPSA) is 67.2 Å². The number of hydrogen-bond acceptors (Lipinski definition) is 3. The van der Waals surface area contributed by atoms with Gasteiger partial charge >= 0.3 is 5.97 Å². The molecule has 19 heavy (non-hydrogen) atoms. The second-order valence-corrected chi connectivity index (χ2v) is 4.50. The number of aryl methyl sites for hydroxylation is 1. The molecule has 1 saturated heterocycles. The van der Waals surface area contributed by atoms with Gasteiger partial charge in [0.25, 0.3) is 0 Å². The van der Waals surface area contributed by atoms with Gasteiger partial charge in [-0.25, -0.2) is 9.18 Å². The van der Waals surface area contributed by atoms with Crippen molar-refractivity contribution in [2.24, 2.45) is 0 Å². The average Bonchev–Trinajstić information content (AvgIpc) is 2.52. The standard InChI is InChI=1S/C12H12FN3O2.ClH/c1-6-8-2-9(12(17)18)10(13)3-11(8)16(15-6)7-4-14-5-7;/h2-3,7,14H,4-5H2,1H3,(H,17,18);1H. The van der Waals surface area contributed by atoms with Gasteiger partial charge in [-0.2, -0.15) is 5.10 Å². The van der Waals surface area contributed by atoms with Crippen LogP contribution in [0.4, 0.5) is 4.39 Å². The van der Waals surface area contributed by atoms with Crippen molar-refractivity contribution in [1.82, 2.24) is 15.1 Å². The molecule has 0 amide bonds. The number of benzene rings is 1. The molecule has 0 bridgehead atoms. The molecule has 102 valence electrons. The summed E-state index contributed by atoms with van der Waals surface area (Å²) < 4.78 is 15.5. The fourth-order valence-electron chi connectivity index (χ4n) is 2.20. The highest BCUT2D eigenvalue weighted by Crippen LogP contribution is 2.26. The van der Waals surface area contributed by atoms with E-state index in [1.807, 2.05) is 0 Å². The second-order valence-electron chi connectivity index (χ2n) is 4.50. The Hall–Kier alpha value is -1.66. The van der Waals surface area contributed by atoms with Crippen LogP contribution in [0.1, 0.15) is 22.1 Å². The summed E-state index contributed by atoms with van der Waals surface area (Å²) in [5, 5.41) is 17.1. The molecule has 3 rings (SSSR count). The highest BCUT2D eigenvalue weighted by atomic mass is 35.5. The van der Waals surface area contributed by atoms with E-state index in [2.05, 4.69) is 10.4 Å². The first-order valence-corrected chi connectivity index (χ1v) is 5.70. The molecule has 2 heterocycles. The molecule has 0 atom stereocenters. The molecule has 1 aromatic heterocycles. The smallest absolute Gasteiger partial charge is 0.338 e. The van der Waals surface area contributed by atoms with Crippen molar-refractivity contribution in [3.63, 3.8) is 0 Å². The number of aromatic nitrogens is 2. The highest BCUT2D eigenvalue weighted by molar-refractivity contribution is 5.94. The van der Waals surface area contributed by atoms with Crippen LogP contribution in [0.2, 0.25) is 0 Å². The number of carboxylic acid groups (broad SMARTS) is 1. The lowest BCUT2D eigenvalue weighted by atomic mass is 10.1. The van der Waals surface area contributed by atoms with Crippen LogP contribution in [0.3, 0.4) is 0 Å². The zero-order valence-electron chi connectivity index (χ0n) is 10.2. The van der Waals surface area contributed by atoms with Crippen LogP contribution in [0.15, 0.2) is 12.1 Å². The summed E-state index contributed by atoms with van der Waals surface area (Å²) in [5.41, 5.74) is 1.07. The average molecular weight is 286 g/mol. The molecular formula is C12H13ClFN3O2. The number of nitrogens with zero attached hydrogens (tertiary/aromatic N) is 2. The summed E-state index contributed by atoms with van der Waals surface area (Å²) >= 11 is 0. The SMILES string of the molecule is Cc1nn(C2CNC2)c2cc(F)c(C(=O)O)cc12.Cl. The first kappa shape index (κ1) is 13.8. The maximum absolute atomic E-state index is 13.7. The number of carboxylic acids is 1. The van der Waals surface area contributed by atoms with Crippen LogP contribution in [-0.2, 0) is 0 Å². The molecule has 7 heteroatoms. The summed E-state index contributed by atoms with van der Waals surface area (Å²) in [5.74, 6) is -1.98. The number of carbonyl (C=O) groups is 1. The lowest BCUT2D eigenvalue weighted by molar-refractivity contribution is 0.0692. The quantitative estimate of drug-likeness (QED) is 0.882. The van der Waals surface area contributed by atoms with Gasteiger partial charge in [0.05, 0.1) is 22.8 Å². The van der Waals surface area contributed by atoms with Gasteiger partial charge in [-0.1, -0.05) is 0 Å². The van der Waals surface area contributed by atoms with E-state index in [1.54, 1.807) is 11.6 Å². The van der Waals surface area contributed by atoms with E-state index in [4.69, 9.17) is 5.11 Å². The molecule has 0 saturated carbocycles. The van der Waals surface area contributed by atoms with Crippen molar-refractivity contribution in [2.45, 2.75) is 13.0 Å². The summed E-state index contributed by atoms with van der Waals surface area (Å²) in [6.07, 6.45) is 0. The first-order valence-electron chi connectivity index (χ1n) is 5.70. The third-order valence-corrected chi connectivity index (χ3v) is 3.32. The summed E-state index contributed by atoms with van der Waals surface area (Å²) in [7, 11) is 0. The lowest BCUT2D eigenvalue weighted by Crippen LogP contribution is -2.43. The van der Waals surface area contributed by atoms with Crippen LogP contribution in [0.5, 0.6) is 0 Å². The van der Waals surface area contributed by atoms with E-state index in [1.165, 1.54) is 12.1 Å². The van der Waals surface area contributed by atoms with Crippen molar-refractivity contribution >= 4 is 29.3 Å². The molecule has 2 N–H and O–H groups in total. The third-order valence-electron chi connectivity index (χ3n) is 3.32. The van der Waals surface area contributed by atoms with E-state index < -0.39 is 11.8 Å². The van der Waals surface area contributed by atoms with Gasteiger partial charge in [-0.05, 0) is 13.0 Å². The van der Waals surface area contributed by atoms with Crippen molar-refractivity contribution in [1.29, 1.82) is 0 Å².